The van der Waals surface area contributed by atoms with Crippen molar-refractivity contribution in [3.8, 4) is 11.8 Å². The molecular formula is C17H22N4O2. The molecule has 0 radical (unpaired) electrons. The van der Waals surface area contributed by atoms with Crippen LogP contribution in [0, 0.1) is 11.3 Å². The first-order chi connectivity index (χ1) is 11.0. The van der Waals surface area contributed by atoms with E-state index in [1.54, 1.807) is 11.8 Å². The summed E-state index contributed by atoms with van der Waals surface area (Å²) in [6.45, 7) is 7.79. The van der Waals surface area contributed by atoms with Gasteiger partial charge in [0.05, 0.1) is 13.2 Å². The maximum absolute atomic E-state index is 9.00. The minimum Gasteiger partial charge on any atom is -0.492 e. The number of hydrogen-bond donors (Lipinski definition) is 0. The van der Waals surface area contributed by atoms with E-state index in [4.69, 9.17) is 14.7 Å². The fourth-order valence-electron chi connectivity index (χ4n) is 2.18. The minimum absolute atomic E-state index is 0.127. The van der Waals surface area contributed by atoms with Gasteiger partial charge in [0.15, 0.2) is 5.69 Å². The summed E-state index contributed by atoms with van der Waals surface area (Å²) in [5.74, 6) is 0.812. The second-order valence-electron chi connectivity index (χ2n) is 6.28. The first-order valence-corrected chi connectivity index (χ1v) is 7.50. The lowest BCUT2D eigenvalue weighted by atomic mass is 9.87. The second-order valence-corrected chi connectivity index (χ2v) is 6.28. The van der Waals surface area contributed by atoms with Crippen LogP contribution in [-0.2, 0) is 23.3 Å². The highest BCUT2D eigenvalue weighted by atomic mass is 16.5. The van der Waals surface area contributed by atoms with E-state index in [1.165, 1.54) is 5.56 Å². The number of aromatic nitrogens is 3. The molecule has 1 heterocycles. The van der Waals surface area contributed by atoms with Crippen LogP contribution in [0.2, 0.25) is 0 Å². The molecule has 6 nitrogen and oxygen atoms in total. The molecule has 0 atom stereocenters. The minimum atomic E-state index is 0.127. The predicted molar refractivity (Wildman–Crippen MR) is 86.1 cm³/mol. The Morgan fingerprint density at radius 3 is 2.48 bits per heavy atom. The predicted octanol–water partition coefficient (Wildman–Crippen LogP) is 2.67. The summed E-state index contributed by atoms with van der Waals surface area (Å²) in [5.41, 5.74) is 2.35. The Morgan fingerprint density at radius 2 is 1.91 bits per heavy atom. The van der Waals surface area contributed by atoms with Gasteiger partial charge in [0.25, 0.3) is 0 Å². The van der Waals surface area contributed by atoms with E-state index in [1.807, 2.05) is 18.2 Å². The molecule has 0 fully saturated rings. The van der Waals surface area contributed by atoms with Crippen molar-refractivity contribution >= 4 is 0 Å². The topological polar surface area (TPSA) is 73.0 Å². The number of methoxy groups -OCH3 is 1. The van der Waals surface area contributed by atoms with E-state index in [0.717, 1.165) is 5.75 Å². The SMILES string of the molecule is COCc1c(C#N)nnn1CCOc1ccc(C(C)(C)C)cc1. The number of nitrogens with zero attached hydrogens (tertiary/aromatic N) is 4. The van der Waals surface area contributed by atoms with E-state index in [0.29, 0.717) is 31.1 Å². The molecule has 0 bridgehead atoms. The van der Waals surface area contributed by atoms with Gasteiger partial charge in [0.1, 0.15) is 24.1 Å². The van der Waals surface area contributed by atoms with Gasteiger partial charge in [-0.15, -0.1) is 5.10 Å². The number of ether oxygens (including phenoxy) is 2. The highest BCUT2D eigenvalue weighted by molar-refractivity contribution is 5.31. The van der Waals surface area contributed by atoms with Gasteiger partial charge in [-0.25, -0.2) is 4.68 Å². The molecule has 23 heavy (non-hydrogen) atoms. The lowest BCUT2D eigenvalue weighted by Crippen LogP contribution is -2.13. The van der Waals surface area contributed by atoms with Crippen molar-refractivity contribution < 1.29 is 9.47 Å². The molecule has 2 aromatic rings. The number of hydrogen-bond acceptors (Lipinski definition) is 5. The van der Waals surface area contributed by atoms with Gasteiger partial charge >= 0.3 is 0 Å². The average Bonchev–Trinajstić information content (AvgIpc) is 2.90. The summed E-state index contributed by atoms with van der Waals surface area (Å²) in [7, 11) is 1.58. The van der Waals surface area contributed by atoms with Crippen molar-refractivity contribution in [2.75, 3.05) is 13.7 Å². The molecule has 0 amide bonds. The van der Waals surface area contributed by atoms with Crippen molar-refractivity contribution in [1.29, 1.82) is 5.26 Å². The largest absolute Gasteiger partial charge is 0.492 e. The van der Waals surface area contributed by atoms with Gasteiger partial charge in [0.2, 0.25) is 0 Å². The van der Waals surface area contributed by atoms with Gasteiger partial charge in [0, 0.05) is 7.11 Å². The standard InChI is InChI=1S/C17H22N4O2/c1-17(2,3)13-5-7-14(8-6-13)23-10-9-21-16(12-22-4)15(11-18)19-20-21/h5-8H,9-10,12H2,1-4H3. The lowest BCUT2D eigenvalue weighted by molar-refractivity contribution is 0.174. The third-order valence-corrected chi connectivity index (χ3v) is 3.52. The van der Waals surface area contributed by atoms with Crippen LogP contribution in [0.3, 0.4) is 0 Å². The smallest absolute Gasteiger partial charge is 0.188 e. The van der Waals surface area contributed by atoms with Crippen molar-refractivity contribution in [2.24, 2.45) is 0 Å². The van der Waals surface area contributed by atoms with Crippen LogP contribution < -0.4 is 4.74 Å². The molecule has 1 aromatic carbocycles. The van der Waals surface area contributed by atoms with Crippen LogP contribution in [0.4, 0.5) is 0 Å². The van der Waals surface area contributed by atoms with Crippen LogP contribution in [0.15, 0.2) is 24.3 Å². The van der Waals surface area contributed by atoms with Crippen LogP contribution in [0.25, 0.3) is 0 Å². The van der Waals surface area contributed by atoms with Gasteiger partial charge in [-0.2, -0.15) is 5.26 Å². The Bertz CT molecular complexity index is 678. The molecule has 0 unspecified atom stereocenters. The molecule has 6 heteroatoms. The third-order valence-electron chi connectivity index (χ3n) is 3.52. The number of nitriles is 1. The zero-order valence-electron chi connectivity index (χ0n) is 14.0. The van der Waals surface area contributed by atoms with Crippen molar-refractivity contribution in [3.63, 3.8) is 0 Å². The van der Waals surface area contributed by atoms with Crippen LogP contribution in [0.1, 0.15) is 37.7 Å². The first kappa shape index (κ1) is 17.0. The summed E-state index contributed by atoms with van der Waals surface area (Å²) in [4.78, 5) is 0. The molecule has 0 aliphatic carbocycles. The van der Waals surface area contributed by atoms with E-state index < -0.39 is 0 Å². The maximum atomic E-state index is 9.00. The van der Waals surface area contributed by atoms with E-state index in [-0.39, 0.29) is 5.41 Å². The van der Waals surface area contributed by atoms with Crippen molar-refractivity contribution in [3.05, 3.63) is 41.2 Å². The Hall–Kier alpha value is -2.39. The Labute approximate surface area is 136 Å². The van der Waals surface area contributed by atoms with E-state index in [2.05, 4.69) is 43.2 Å². The van der Waals surface area contributed by atoms with Crippen LogP contribution in [0.5, 0.6) is 5.75 Å². The Kier molecular flexibility index (Phi) is 5.35. The molecule has 0 aliphatic rings. The quantitative estimate of drug-likeness (QED) is 0.819. The highest BCUT2D eigenvalue weighted by Crippen LogP contribution is 2.24. The number of rotatable bonds is 6. The summed E-state index contributed by atoms with van der Waals surface area (Å²) in [5, 5.41) is 16.8. The summed E-state index contributed by atoms with van der Waals surface area (Å²) in [6, 6.07) is 10.1. The highest BCUT2D eigenvalue weighted by Gasteiger charge is 2.14. The van der Waals surface area contributed by atoms with Crippen molar-refractivity contribution in [2.45, 2.75) is 39.3 Å². The maximum Gasteiger partial charge on any atom is 0.188 e. The van der Waals surface area contributed by atoms with Gasteiger partial charge in [-0.1, -0.05) is 38.1 Å². The lowest BCUT2D eigenvalue weighted by Gasteiger charge is -2.19. The van der Waals surface area contributed by atoms with Gasteiger partial charge in [-0.3, -0.25) is 0 Å². The molecule has 122 valence electrons. The summed E-state index contributed by atoms with van der Waals surface area (Å²) < 4.78 is 12.5. The molecule has 0 spiro atoms. The van der Waals surface area contributed by atoms with E-state index in [9.17, 15) is 0 Å². The second kappa shape index (κ2) is 7.25. The van der Waals surface area contributed by atoms with Gasteiger partial charge < -0.3 is 9.47 Å². The number of benzene rings is 1. The molecule has 1 aromatic heterocycles. The summed E-state index contributed by atoms with van der Waals surface area (Å²) >= 11 is 0. The van der Waals surface area contributed by atoms with Crippen molar-refractivity contribution in [1.82, 2.24) is 15.0 Å². The fraction of sp³-hybridized carbons (Fsp3) is 0.471. The molecule has 2 rings (SSSR count). The van der Waals surface area contributed by atoms with Crippen LogP contribution in [-0.4, -0.2) is 28.7 Å². The monoisotopic (exact) mass is 314 g/mol. The Morgan fingerprint density at radius 1 is 1.22 bits per heavy atom. The van der Waals surface area contributed by atoms with Crippen LogP contribution >= 0.6 is 0 Å². The first-order valence-electron chi connectivity index (χ1n) is 7.50. The molecule has 0 saturated heterocycles. The molecule has 0 saturated carbocycles. The average molecular weight is 314 g/mol. The fourth-order valence-corrected chi connectivity index (χ4v) is 2.18. The molecule has 0 aliphatic heterocycles. The summed E-state index contributed by atoms with van der Waals surface area (Å²) in [6.07, 6.45) is 0. The third kappa shape index (κ3) is 4.30. The molecule has 0 N–H and O–H groups in total. The van der Waals surface area contributed by atoms with Gasteiger partial charge in [-0.05, 0) is 23.1 Å². The Balaban J connectivity index is 1.95. The zero-order chi connectivity index (χ0) is 16.9. The normalized spacial score (nSPS) is 11.3. The molecular weight excluding hydrogens is 292 g/mol. The zero-order valence-corrected chi connectivity index (χ0v) is 14.0. The van der Waals surface area contributed by atoms with E-state index >= 15 is 0 Å².